The van der Waals surface area contributed by atoms with Gasteiger partial charge in [-0.25, -0.2) is 0 Å². The van der Waals surface area contributed by atoms with E-state index >= 15 is 0 Å². The standard InChI is InChI=1S/C9H15N3O/c1-7-11-12-8(13-7)9(2)3-5-10-6-4-9/h10H,3-6H2,1-2H3. The van der Waals surface area contributed by atoms with E-state index in [2.05, 4.69) is 22.4 Å². The highest BCUT2D eigenvalue weighted by Gasteiger charge is 2.33. The predicted molar refractivity (Wildman–Crippen MR) is 48.5 cm³/mol. The van der Waals surface area contributed by atoms with E-state index in [1.54, 1.807) is 0 Å². The molecule has 0 aromatic carbocycles. The first-order valence-electron chi connectivity index (χ1n) is 4.72. The second kappa shape index (κ2) is 3.10. The van der Waals surface area contributed by atoms with Crippen molar-refractivity contribution < 1.29 is 4.42 Å². The van der Waals surface area contributed by atoms with Gasteiger partial charge in [-0.1, -0.05) is 6.92 Å². The third-order valence-corrected chi connectivity index (χ3v) is 2.75. The number of nitrogens with one attached hydrogen (secondary N) is 1. The van der Waals surface area contributed by atoms with Crippen molar-refractivity contribution in [3.05, 3.63) is 11.8 Å². The van der Waals surface area contributed by atoms with E-state index in [1.807, 2.05) is 6.92 Å². The lowest BCUT2D eigenvalue weighted by Gasteiger charge is -2.30. The van der Waals surface area contributed by atoms with E-state index in [9.17, 15) is 0 Å². The van der Waals surface area contributed by atoms with Crippen LogP contribution in [0.5, 0.6) is 0 Å². The largest absolute Gasteiger partial charge is 0.425 e. The van der Waals surface area contributed by atoms with Gasteiger partial charge in [0, 0.05) is 12.3 Å². The highest BCUT2D eigenvalue weighted by atomic mass is 16.4. The third-order valence-electron chi connectivity index (χ3n) is 2.75. The van der Waals surface area contributed by atoms with Crippen LogP contribution in [0.3, 0.4) is 0 Å². The highest BCUT2D eigenvalue weighted by Crippen LogP contribution is 2.31. The van der Waals surface area contributed by atoms with Crippen LogP contribution in [0.15, 0.2) is 4.42 Å². The van der Waals surface area contributed by atoms with Crippen LogP contribution in [0.25, 0.3) is 0 Å². The van der Waals surface area contributed by atoms with Crippen molar-refractivity contribution in [3.8, 4) is 0 Å². The molecule has 0 unspecified atom stereocenters. The number of rotatable bonds is 1. The molecule has 72 valence electrons. The molecule has 1 fully saturated rings. The minimum Gasteiger partial charge on any atom is -0.425 e. The summed E-state index contributed by atoms with van der Waals surface area (Å²) in [6, 6.07) is 0. The SMILES string of the molecule is Cc1nnc(C2(C)CCNCC2)o1. The number of piperidine rings is 1. The van der Waals surface area contributed by atoms with Crippen molar-refractivity contribution >= 4 is 0 Å². The average Bonchev–Trinajstić information content (AvgIpc) is 2.54. The van der Waals surface area contributed by atoms with Gasteiger partial charge in [0.2, 0.25) is 11.8 Å². The van der Waals surface area contributed by atoms with Crippen LogP contribution < -0.4 is 5.32 Å². The van der Waals surface area contributed by atoms with Crippen LogP contribution >= 0.6 is 0 Å². The molecule has 2 rings (SSSR count). The molecule has 1 N–H and O–H groups in total. The summed E-state index contributed by atoms with van der Waals surface area (Å²) in [5, 5.41) is 11.3. The zero-order valence-corrected chi connectivity index (χ0v) is 8.13. The van der Waals surface area contributed by atoms with E-state index in [4.69, 9.17) is 4.42 Å². The van der Waals surface area contributed by atoms with Gasteiger partial charge in [0.15, 0.2) is 0 Å². The van der Waals surface area contributed by atoms with Crippen LogP contribution in [-0.4, -0.2) is 23.3 Å². The normalized spacial score (nSPS) is 21.7. The van der Waals surface area contributed by atoms with Crippen LogP contribution in [-0.2, 0) is 5.41 Å². The van der Waals surface area contributed by atoms with Crippen LogP contribution in [0, 0.1) is 6.92 Å². The van der Waals surface area contributed by atoms with Gasteiger partial charge in [0.1, 0.15) is 0 Å². The molecular formula is C9H15N3O. The van der Waals surface area contributed by atoms with Gasteiger partial charge in [-0.2, -0.15) is 0 Å². The number of hydrogen-bond acceptors (Lipinski definition) is 4. The van der Waals surface area contributed by atoms with Crippen molar-refractivity contribution in [3.63, 3.8) is 0 Å². The minimum absolute atomic E-state index is 0.0898. The van der Waals surface area contributed by atoms with Crippen molar-refractivity contribution in [2.45, 2.75) is 32.1 Å². The molecule has 1 aromatic rings. The molecule has 1 saturated heterocycles. The summed E-state index contributed by atoms with van der Waals surface area (Å²) in [4.78, 5) is 0. The molecular weight excluding hydrogens is 166 g/mol. The third kappa shape index (κ3) is 1.58. The maximum Gasteiger partial charge on any atom is 0.222 e. The van der Waals surface area contributed by atoms with Crippen molar-refractivity contribution in [1.82, 2.24) is 15.5 Å². The Morgan fingerprint density at radius 3 is 2.54 bits per heavy atom. The van der Waals surface area contributed by atoms with Crippen molar-refractivity contribution in [2.75, 3.05) is 13.1 Å². The lowest BCUT2D eigenvalue weighted by Crippen LogP contribution is -2.37. The van der Waals surface area contributed by atoms with Gasteiger partial charge in [-0.15, -0.1) is 10.2 Å². The highest BCUT2D eigenvalue weighted by molar-refractivity contribution is 5.03. The molecule has 0 bridgehead atoms. The molecule has 0 spiro atoms. The number of hydrogen-bond donors (Lipinski definition) is 1. The maximum absolute atomic E-state index is 5.48. The molecule has 0 radical (unpaired) electrons. The molecule has 13 heavy (non-hydrogen) atoms. The summed E-state index contributed by atoms with van der Waals surface area (Å²) in [6.45, 7) is 6.11. The van der Waals surface area contributed by atoms with E-state index in [0.717, 1.165) is 31.8 Å². The number of nitrogens with zero attached hydrogens (tertiary/aromatic N) is 2. The Labute approximate surface area is 77.7 Å². The Balaban J connectivity index is 2.22. The summed E-state index contributed by atoms with van der Waals surface area (Å²) >= 11 is 0. The fourth-order valence-corrected chi connectivity index (χ4v) is 1.73. The Hall–Kier alpha value is -0.900. The van der Waals surface area contributed by atoms with Crippen molar-refractivity contribution in [1.29, 1.82) is 0 Å². The summed E-state index contributed by atoms with van der Waals surface area (Å²) < 4.78 is 5.48. The lowest BCUT2D eigenvalue weighted by atomic mass is 9.81. The second-order valence-corrected chi connectivity index (χ2v) is 3.94. The predicted octanol–water partition coefficient (Wildman–Crippen LogP) is 1.02. The first-order chi connectivity index (χ1) is 6.21. The zero-order valence-electron chi connectivity index (χ0n) is 8.13. The van der Waals surface area contributed by atoms with E-state index < -0.39 is 0 Å². The molecule has 0 atom stereocenters. The first-order valence-corrected chi connectivity index (χ1v) is 4.72. The lowest BCUT2D eigenvalue weighted by molar-refractivity contribution is 0.265. The Morgan fingerprint density at radius 1 is 1.31 bits per heavy atom. The molecule has 4 heteroatoms. The summed E-state index contributed by atoms with van der Waals surface area (Å²) in [6.07, 6.45) is 2.16. The Bertz CT molecular complexity index is 289. The van der Waals surface area contributed by atoms with Gasteiger partial charge in [-0.05, 0) is 25.9 Å². The summed E-state index contributed by atoms with van der Waals surface area (Å²) in [5.41, 5.74) is 0.0898. The topological polar surface area (TPSA) is 51.0 Å². The van der Waals surface area contributed by atoms with Gasteiger partial charge < -0.3 is 9.73 Å². The smallest absolute Gasteiger partial charge is 0.222 e. The van der Waals surface area contributed by atoms with Gasteiger partial charge in [0.05, 0.1) is 0 Å². The quantitative estimate of drug-likeness (QED) is 0.702. The monoisotopic (exact) mass is 181 g/mol. The number of aryl methyl sites for hydroxylation is 1. The minimum atomic E-state index is 0.0898. The van der Waals surface area contributed by atoms with Gasteiger partial charge in [0.25, 0.3) is 0 Å². The molecule has 1 aromatic heterocycles. The van der Waals surface area contributed by atoms with Crippen molar-refractivity contribution in [2.24, 2.45) is 0 Å². The Kier molecular flexibility index (Phi) is 2.07. The number of aromatic nitrogens is 2. The first kappa shape index (κ1) is 8.69. The van der Waals surface area contributed by atoms with E-state index in [1.165, 1.54) is 0 Å². The summed E-state index contributed by atoms with van der Waals surface area (Å²) in [7, 11) is 0. The molecule has 1 aliphatic heterocycles. The molecule has 2 heterocycles. The average molecular weight is 181 g/mol. The van der Waals surface area contributed by atoms with E-state index in [-0.39, 0.29) is 5.41 Å². The summed E-state index contributed by atoms with van der Waals surface area (Å²) in [5.74, 6) is 1.46. The van der Waals surface area contributed by atoms with Crippen LogP contribution in [0.4, 0.5) is 0 Å². The molecule has 0 aliphatic carbocycles. The molecule has 0 saturated carbocycles. The van der Waals surface area contributed by atoms with E-state index in [0.29, 0.717) is 5.89 Å². The van der Waals surface area contributed by atoms with Crippen LogP contribution in [0.2, 0.25) is 0 Å². The zero-order chi connectivity index (χ0) is 9.31. The van der Waals surface area contributed by atoms with Gasteiger partial charge in [-0.3, -0.25) is 0 Å². The fraction of sp³-hybridized carbons (Fsp3) is 0.778. The van der Waals surface area contributed by atoms with Gasteiger partial charge >= 0.3 is 0 Å². The second-order valence-electron chi connectivity index (χ2n) is 3.94. The molecule has 1 aliphatic rings. The maximum atomic E-state index is 5.48. The Morgan fingerprint density at radius 2 is 2.00 bits per heavy atom. The fourth-order valence-electron chi connectivity index (χ4n) is 1.73. The van der Waals surface area contributed by atoms with Crippen LogP contribution in [0.1, 0.15) is 31.5 Å². The molecule has 4 nitrogen and oxygen atoms in total. The molecule has 0 amide bonds.